The van der Waals surface area contributed by atoms with Crippen LogP contribution in [0.25, 0.3) is 5.70 Å². The van der Waals surface area contributed by atoms with Gasteiger partial charge >= 0.3 is 0 Å². The smallest absolute Gasteiger partial charge is 0.0513 e. The molecule has 4 N–H and O–H groups in total. The Hall–Kier alpha value is -2.10. The first kappa shape index (κ1) is 12.0. The van der Waals surface area contributed by atoms with E-state index in [2.05, 4.69) is 10.3 Å². The Morgan fingerprint density at radius 3 is 2.69 bits per heavy atom. The molecule has 0 spiro atoms. The summed E-state index contributed by atoms with van der Waals surface area (Å²) in [5.41, 5.74) is 8.97. The Morgan fingerprint density at radius 1 is 1.44 bits per heavy atom. The van der Waals surface area contributed by atoms with E-state index in [0.29, 0.717) is 11.3 Å². The molecule has 0 aromatic heterocycles. The van der Waals surface area contributed by atoms with Gasteiger partial charge in [-0.05, 0) is 6.07 Å². The number of benzene rings is 1. The summed E-state index contributed by atoms with van der Waals surface area (Å²) in [6.45, 7) is 0. The maximum Gasteiger partial charge on any atom is 0.0513 e. The summed E-state index contributed by atoms with van der Waals surface area (Å²) in [7, 11) is 3.49. The second-order valence-corrected chi connectivity index (χ2v) is 3.20. The lowest BCUT2D eigenvalue weighted by Gasteiger charge is -2.10. The monoisotopic (exact) mass is 216 g/mol. The van der Waals surface area contributed by atoms with Crippen molar-refractivity contribution in [3.63, 3.8) is 0 Å². The molecular weight excluding hydrogens is 200 g/mol. The zero-order chi connectivity index (χ0) is 12.0. The quantitative estimate of drug-likeness (QED) is 0.671. The maximum absolute atomic E-state index is 7.30. The van der Waals surface area contributed by atoms with Gasteiger partial charge in [-0.25, -0.2) is 0 Å². The van der Waals surface area contributed by atoms with Gasteiger partial charge in [0.2, 0.25) is 0 Å². The number of hydrogen-bond acceptors (Lipinski definition) is 4. The number of nitrogens with zero attached hydrogens (tertiary/aromatic N) is 1. The molecule has 1 aromatic rings. The van der Waals surface area contributed by atoms with Crippen molar-refractivity contribution in [1.82, 2.24) is 0 Å². The minimum absolute atomic E-state index is 0.547. The summed E-state index contributed by atoms with van der Waals surface area (Å²) in [6.07, 6.45) is 2.78. The van der Waals surface area contributed by atoms with Crippen LogP contribution in [0.1, 0.15) is 5.56 Å². The predicted octanol–water partition coefficient (Wildman–Crippen LogP) is 1.75. The van der Waals surface area contributed by atoms with Gasteiger partial charge < -0.3 is 16.5 Å². The molecule has 4 heteroatoms. The topological polar surface area (TPSA) is 74.3 Å². The molecule has 0 aliphatic rings. The number of aliphatic imine (C=N–C) groups is 1. The highest BCUT2D eigenvalue weighted by atomic mass is 14.8. The minimum Gasteiger partial charge on any atom is -0.398 e. The fourth-order valence-electron chi connectivity index (χ4n) is 1.42. The Kier molecular flexibility index (Phi) is 4.27. The number of nitrogens with one attached hydrogen (secondary N) is 2. The van der Waals surface area contributed by atoms with Gasteiger partial charge in [0.25, 0.3) is 0 Å². The number of allylic oxidation sites excluding steroid dienone is 1. The van der Waals surface area contributed by atoms with Gasteiger partial charge in [0.15, 0.2) is 0 Å². The second kappa shape index (κ2) is 5.70. The zero-order valence-corrected chi connectivity index (χ0v) is 9.49. The summed E-state index contributed by atoms with van der Waals surface area (Å²) in [5.74, 6) is 0. The number of anilines is 1. The molecule has 1 aromatic carbocycles. The summed E-state index contributed by atoms with van der Waals surface area (Å²) in [6, 6.07) is 7.69. The van der Waals surface area contributed by atoms with Crippen molar-refractivity contribution in [1.29, 1.82) is 5.41 Å². The molecule has 0 saturated heterocycles. The number of hydrogen-bond donors (Lipinski definition) is 3. The molecule has 0 aliphatic carbocycles. The van der Waals surface area contributed by atoms with Crippen molar-refractivity contribution >= 4 is 23.8 Å². The zero-order valence-electron chi connectivity index (χ0n) is 9.49. The van der Waals surface area contributed by atoms with Gasteiger partial charge in [-0.2, -0.15) is 0 Å². The van der Waals surface area contributed by atoms with Crippen LogP contribution in [0.15, 0.2) is 34.8 Å². The molecule has 0 bridgehead atoms. The van der Waals surface area contributed by atoms with Crippen LogP contribution in [-0.2, 0) is 0 Å². The molecule has 0 fully saturated rings. The maximum atomic E-state index is 7.30. The van der Waals surface area contributed by atoms with Crippen LogP contribution in [0.3, 0.4) is 0 Å². The largest absolute Gasteiger partial charge is 0.398 e. The highest BCUT2D eigenvalue weighted by Crippen LogP contribution is 2.21. The average molecular weight is 216 g/mol. The molecule has 1 rings (SSSR count). The van der Waals surface area contributed by atoms with Gasteiger partial charge in [0, 0.05) is 43.3 Å². The van der Waals surface area contributed by atoms with Gasteiger partial charge in [0.05, 0.1) is 5.70 Å². The first-order chi connectivity index (χ1) is 7.74. The fraction of sp³-hybridized carbons (Fsp3) is 0.167. The number of rotatable bonds is 4. The Labute approximate surface area is 95.4 Å². The first-order valence-corrected chi connectivity index (χ1v) is 4.94. The van der Waals surface area contributed by atoms with Crippen molar-refractivity contribution in [2.45, 2.75) is 0 Å². The van der Waals surface area contributed by atoms with Crippen molar-refractivity contribution in [3.05, 3.63) is 35.4 Å². The third kappa shape index (κ3) is 2.48. The molecule has 16 heavy (non-hydrogen) atoms. The van der Waals surface area contributed by atoms with Gasteiger partial charge in [-0.3, -0.25) is 4.99 Å². The van der Waals surface area contributed by atoms with Crippen LogP contribution < -0.4 is 11.1 Å². The van der Waals surface area contributed by atoms with Crippen LogP contribution in [-0.4, -0.2) is 26.5 Å². The molecule has 0 radical (unpaired) electrons. The summed E-state index contributed by atoms with van der Waals surface area (Å²) in [4.78, 5) is 3.87. The van der Waals surface area contributed by atoms with Gasteiger partial charge in [0.1, 0.15) is 0 Å². The molecule has 84 valence electrons. The van der Waals surface area contributed by atoms with E-state index in [-0.39, 0.29) is 0 Å². The van der Waals surface area contributed by atoms with Crippen LogP contribution in [0.5, 0.6) is 0 Å². The standard InChI is InChI=1S/C12H16N4/c1-15-8-9(7-13)12(14)10-5-3-4-6-11(10)16-2/h3-8,13,16H,14H2,1-2H3. The van der Waals surface area contributed by atoms with Crippen LogP contribution in [0.2, 0.25) is 0 Å². The van der Waals surface area contributed by atoms with Gasteiger partial charge in [-0.15, -0.1) is 0 Å². The minimum atomic E-state index is 0.547. The lowest BCUT2D eigenvalue weighted by Crippen LogP contribution is -2.06. The summed E-state index contributed by atoms with van der Waals surface area (Å²) in [5, 5.41) is 10.4. The van der Waals surface area contributed by atoms with Crippen molar-refractivity contribution in [2.24, 2.45) is 10.7 Å². The molecule has 0 amide bonds. The molecule has 0 heterocycles. The van der Waals surface area contributed by atoms with E-state index < -0.39 is 0 Å². The average Bonchev–Trinajstić information content (AvgIpc) is 2.35. The second-order valence-electron chi connectivity index (χ2n) is 3.20. The lowest BCUT2D eigenvalue weighted by atomic mass is 10.1. The molecule has 0 atom stereocenters. The number of para-hydroxylation sites is 1. The third-order valence-corrected chi connectivity index (χ3v) is 2.22. The molecular formula is C12H16N4. The van der Waals surface area contributed by atoms with Crippen molar-refractivity contribution < 1.29 is 0 Å². The SMILES string of the molecule is CN=CC(C=N)=C(N)c1ccccc1NC. The normalized spacial score (nSPS) is 12.4. The predicted molar refractivity (Wildman–Crippen MR) is 70.3 cm³/mol. The van der Waals surface area contributed by atoms with E-state index >= 15 is 0 Å². The molecule has 0 saturated carbocycles. The van der Waals surface area contributed by atoms with E-state index in [1.807, 2.05) is 31.3 Å². The Bertz CT molecular complexity index is 432. The molecule has 4 nitrogen and oxygen atoms in total. The van der Waals surface area contributed by atoms with E-state index in [1.54, 1.807) is 13.3 Å². The van der Waals surface area contributed by atoms with E-state index in [0.717, 1.165) is 11.3 Å². The molecule has 0 unspecified atom stereocenters. The van der Waals surface area contributed by atoms with E-state index in [4.69, 9.17) is 11.1 Å². The van der Waals surface area contributed by atoms with E-state index in [9.17, 15) is 0 Å². The highest BCUT2D eigenvalue weighted by Gasteiger charge is 2.05. The Morgan fingerprint density at radius 2 is 2.12 bits per heavy atom. The first-order valence-electron chi connectivity index (χ1n) is 4.94. The van der Waals surface area contributed by atoms with E-state index in [1.165, 1.54) is 6.21 Å². The Balaban J connectivity index is 3.31. The molecule has 0 aliphatic heterocycles. The number of nitrogens with two attached hydrogens (primary N) is 1. The lowest BCUT2D eigenvalue weighted by molar-refractivity contribution is 1.43. The summed E-state index contributed by atoms with van der Waals surface area (Å²) < 4.78 is 0. The van der Waals surface area contributed by atoms with Crippen molar-refractivity contribution in [2.75, 3.05) is 19.4 Å². The summed E-state index contributed by atoms with van der Waals surface area (Å²) >= 11 is 0. The van der Waals surface area contributed by atoms with Crippen LogP contribution in [0.4, 0.5) is 5.69 Å². The fourth-order valence-corrected chi connectivity index (χ4v) is 1.42. The highest BCUT2D eigenvalue weighted by molar-refractivity contribution is 6.10. The third-order valence-electron chi connectivity index (χ3n) is 2.22. The van der Waals surface area contributed by atoms with Crippen molar-refractivity contribution in [3.8, 4) is 0 Å². The van der Waals surface area contributed by atoms with Crippen LogP contribution in [0, 0.1) is 5.41 Å². The van der Waals surface area contributed by atoms with Crippen LogP contribution >= 0.6 is 0 Å². The van der Waals surface area contributed by atoms with Gasteiger partial charge in [-0.1, -0.05) is 18.2 Å².